The van der Waals surface area contributed by atoms with E-state index >= 15 is 0 Å². The molecule has 1 aliphatic carbocycles. The van der Waals surface area contributed by atoms with Crippen LogP contribution in [-0.4, -0.2) is 36.0 Å². The van der Waals surface area contributed by atoms with Gasteiger partial charge in [-0.1, -0.05) is 0 Å². The number of nitrogens with two attached hydrogens (primary N) is 1. The van der Waals surface area contributed by atoms with E-state index in [1.807, 2.05) is 5.32 Å². The van der Waals surface area contributed by atoms with Gasteiger partial charge in [0.1, 0.15) is 6.10 Å². The third-order valence-electron chi connectivity index (χ3n) is 3.91. The van der Waals surface area contributed by atoms with Gasteiger partial charge in [-0.15, -0.1) is 0 Å². The summed E-state index contributed by atoms with van der Waals surface area (Å²) in [5.41, 5.74) is 1.37. The topological polar surface area (TPSA) is 133 Å². The maximum Gasteiger partial charge on any atom is 0.323 e. The summed E-state index contributed by atoms with van der Waals surface area (Å²) in [6.07, 6.45) is 3.36. The van der Waals surface area contributed by atoms with Gasteiger partial charge in [0.15, 0.2) is 5.82 Å². The Balaban J connectivity index is 1.92. The molecule has 1 aliphatic rings. The smallest absolute Gasteiger partial charge is 0.323 e. The quantitative estimate of drug-likeness (QED) is 0.232. The zero-order valence-corrected chi connectivity index (χ0v) is 13.6. The predicted octanol–water partition coefficient (Wildman–Crippen LogP) is 0.260. The monoisotopic (exact) mass is 354 g/mol. The summed E-state index contributed by atoms with van der Waals surface area (Å²) in [5.74, 6) is 1.48. The van der Waals surface area contributed by atoms with E-state index in [9.17, 15) is 18.8 Å². The minimum Gasteiger partial charge on any atom is -0.474 e. The summed E-state index contributed by atoms with van der Waals surface area (Å²) in [6, 6.07) is 1.02. The molecule has 0 saturated heterocycles. The molecule has 1 heterocycles. The molecule has 0 unspecified atom stereocenters. The zero-order chi connectivity index (χ0) is 18.4. The molecule has 9 nitrogen and oxygen atoms in total. The molecule has 1 saturated carbocycles. The van der Waals surface area contributed by atoms with E-state index < -0.39 is 17.6 Å². The highest BCUT2D eigenvalue weighted by Gasteiger charge is 2.28. The number of halogens is 1. The average Bonchev–Trinajstić information content (AvgIpc) is 2.63. The first-order chi connectivity index (χ1) is 11.9. The number of carbonyl (C=O) groups excluding carboxylic acids is 3. The molecule has 2 amide bonds. The van der Waals surface area contributed by atoms with Gasteiger partial charge in [0, 0.05) is 6.07 Å². The van der Waals surface area contributed by atoms with E-state index in [1.54, 1.807) is 5.43 Å². The number of aromatic nitrogens is 1. The molecule has 1 fully saturated rings. The van der Waals surface area contributed by atoms with Gasteiger partial charge >= 0.3 is 17.8 Å². The van der Waals surface area contributed by atoms with E-state index in [2.05, 4.69) is 4.98 Å². The normalized spacial score (nSPS) is 19.6. The van der Waals surface area contributed by atoms with Crippen molar-refractivity contribution in [2.75, 3.05) is 12.4 Å². The first kappa shape index (κ1) is 18.6. The lowest BCUT2D eigenvalue weighted by atomic mass is 9.87. The highest BCUT2D eigenvalue weighted by Crippen LogP contribution is 2.28. The van der Waals surface area contributed by atoms with Crippen LogP contribution in [0.2, 0.25) is 0 Å². The Hall–Kier alpha value is -2.75. The molecule has 2 rings (SSSR count). The van der Waals surface area contributed by atoms with Gasteiger partial charge in [0.05, 0.1) is 24.9 Å². The first-order valence-corrected chi connectivity index (χ1v) is 7.66. The average molecular weight is 354 g/mol. The molecule has 0 spiro atoms. The first-order valence-electron chi connectivity index (χ1n) is 7.66. The molecular formula is C15H19FN4O5. The highest BCUT2D eigenvalue weighted by atomic mass is 19.1. The van der Waals surface area contributed by atoms with E-state index in [4.69, 9.17) is 15.3 Å². The summed E-state index contributed by atoms with van der Waals surface area (Å²) >= 11 is 0. The van der Waals surface area contributed by atoms with Crippen LogP contribution < -0.4 is 21.3 Å². The largest absolute Gasteiger partial charge is 0.474 e. The van der Waals surface area contributed by atoms with Gasteiger partial charge in [-0.25, -0.2) is 15.2 Å². The van der Waals surface area contributed by atoms with Crippen molar-refractivity contribution < 1.29 is 28.2 Å². The number of anilines is 1. The van der Waals surface area contributed by atoms with E-state index in [1.165, 1.54) is 7.11 Å². The van der Waals surface area contributed by atoms with Gasteiger partial charge < -0.3 is 14.8 Å². The second-order valence-corrected chi connectivity index (χ2v) is 5.54. The van der Waals surface area contributed by atoms with Crippen LogP contribution in [0.25, 0.3) is 0 Å². The summed E-state index contributed by atoms with van der Waals surface area (Å²) in [5, 5.41) is 2.04. The van der Waals surface area contributed by atoms with E-state index in [0.717, 1.165) is 12.3 Å². The van der Waals surface area contributed by atoms with Crippen molar-refractivity contribution in [3.8, 4) is 5.88 Å². The number of esters is 1. The van der Waals surface area contributed by atoms with Crippen molar-refractivity contribution in [3.63, 3.8) is 0 Å². The molecular weight excluding hydrogens is 335 g/mol. The molecule has 0 atom stereocenters. The van der Waals surface area contributed by atoms with Gasteiger partial charge in [0.2, 0.25) is 5.88 Å². The predicted molar refractivity (Wildman–Crippen MR) is 83.5 cm³/mol. The van der Waals surface area contributed by atoms with Crippen LogP contribution in [-0.2, 0) is 19.1 Å². The fraction of sp³-hybridized carbons (Fsp3) is 0.467. The maximum atomic E-state index is 14.0. The van der Waals surface area contributed by atoms with Crippen molar-refractivity contribution in [1.82, 2.24) is 10.4 Å². The molecule has 1 aromatic heterocycles. The second kappa shape index (κ2) is 8.38. The van der Waals surface area contributed by atoms with Gasteiger partial charge in [-0.2, -0.15) is 0 Å². The van der Waals surface area contributed by atoms with Crippen LogP contribution in [0.1, 0.15) is 25.7 Å². The van der Waals surface area contributed by atoms with Crippen LogP contribution in [0.3, 0.4) is 0 Å². The molecule has 136 valence electrons. The van der Waals surface area contributed by atoms with Crippen LogP contribution in [0, 0.1) is 11.7 Å². The van der Waals surface area contributed by atoms with Crippen LogP contribution in [0.5, 0.6) is 5.88 Å². The lowest BCUT2D eigenvalue weighted by molar-refractivity contribution is -0.147. The van der Waals surface area contributed by atoms with Crippen molar-refractivity contribution in [1.29, 1.82) is 0 Å². The lowest BCUT2D eigenvalue weighted by Gasteiger charge is -2.27. The Bertz CT molecular complexity index is 661. The molecule has 0 radical (unpaired) electrons. The number of rotatable bonds is 4. The number of nitrogens with one attached hydrogen (secondary N) is 2. The van der Waals surface area contributed by atoms with E-state index in [0.29, 0.717) is 25.7 Å². The van der Waals surface area contributed by atoms with Crippen molar-refractivity contribution >= 4 is 23.5 Å². The third-order valence-corrected chi connectivity index (χ3v) is 3.91. The van der Waals surface area contributed by atoms with Crippen molar-refractivity contribution in [2.45, 2.75) is 31.8 Å². The van der Waals surface area contributed by atoms with Gasteiger partial charge in [0.25, 0.3) is 0 Å². The number of nitrogens with zero attached hydrogens (tertiary/aromatic N) is 1. The van der Waals surface area contributed by atoms with E-state index in [-0.39, 0.29) is 29.6 Å². The highest BCUT2D eigenvalue weighted by molar-refractivity contribution is 6.39. The number of amides is 2. The summed E-state index contributed by atoms with van der Waals surface area (Å²) < 4.78 is 24.3. The number of hydrogen-bond donors (Lipinski definition) is 3. The maximum absolute atomic E-state index is 14.0. The standard InChI is InChI=1S/C15H19FN4O5/c1-24-15(23)8-2-4-9(5-3-8)25-12-6-10(16)11(7-18-12)19-13(21)14(22)20-17/h6-9H,2-5,17H2,1H3,(H,19,21)(H,20,22)/t8-,9-. The number of methoxy groups -OCH3 is 1. The Morgan fingerprint density at radius 1 is 1.24 bits per heavy atom. The number of pyridine rings is 1. The molecule has 0 aromatic carbocycles. The summed E-state index contributed by atoms with van der Waals surface area (Å²) in [4.78, 5) is 37.7. The lowest BCUT2D eigenvalue weighted by Crippen LogP contribution is -2.39. The summed E-state index contributed by atoms with van der Waals surface area (Å²) in [6.45, 7) is 0. The molecule has 0 aliphatic heterocycles. The Kier molecular flexibility index (Phi) is 6.23. The zero-order valence-electron chi connectivity index (χ0n) is 13.6. The molecule has 10 heteroatoms. The third kappa shape index (κ3) is 4.86. The Morgan fingerprint density at radius 2 is 1.92 bits per heavy atom. The fourth-order valence-electron chi connectivity index (χ4n) is 2.57. The minimum atomic E-state index is -1.11. The molecule has 4 N–H and O–H groups in total. The van der Waals surface area contributed by atoms with Gasteiger partial charge in [-0.3, -0.25) is 19.8 Å². The van der Waals surface area contributed by atoms with Crippen LogP contribution >= 0.6 is 0 Å². The minimum absolute atomic E-state index is 0.0558. The van der Waals surface area contributed by atoms with Crippen molar-refractivity contribution in [3.05, 3.63) is 18.1 Å². The molecule has 1 aromatic rings. The Labute approximate surface area is 143 Å². The Morgan fingerprint density at radius 3 is 2.48 bits per heavy atom. The van der Waals surface area contributed by atoms with Crippen LogP contribution in [0.15, 0.2) is 12.3 Å². The molecule has 0 bridgehead atoms. The fourth-order valence-corrected chi connectivity index (χ4v) is 2.57. The number of hydrogen-bond acceptors (Lipinski definition) is 7. The summed E-state index contributed by atoms with van der Waals surface area (Å²) in [7, 11) is 1.36. The van der Waals surface area contributed by atoms with Crippen molar-refractivity contribution in [2.24, 2.45) is 11.8 Å². The SMILES string of the molecule is COC(=O)[C@H]1CC[C@H](Oc2cc(F)c(NC(=O)C(=O)NN)cn2)CC1. The van der Waals surface area contributed by atoms with Crippen LogP contribution in [0.4, 0.5) is 10.1 Å². The van der Waals surface area contributed by atoms with Gasteiger partial charge in [-0.05, 0) is 25.7 Å². The number of hydrazine groups is 1. The number of ether oxygens (including phenoxy) is 2. The number of carbonyl (C=O) groups is 3. The second-order valence-electron chi connectivity index (χ2n) is 5.54. The molecule has 25 heavy (non-hydrogen) atoms.